The lowest BCUT2D eigenvalue weighted by atomic mass is 10.1. The van der Waals surface area contributed by atoms with E-state index in [0.29, 0.717) is 11.7 Å². The molecule has 6 nitrogen and oxygen atoms in total. The minimum absolute atomic E-state index is 0.160. The van der Waals surface area contributed by atoms with E-state index < -0.39 is 5.97 Å². The summed E-state index contributed by atoms with van der Waals surface area (Å²) in [7, 11) is 1.59. The van der Waals surface area contributed by atoms with E-state index in [1.165, 1.54) is 4.90 Å². The largest absolute Gasteiger partial charge is 0.497 e. The van der Waals surface area contributed by atoms with Gasteiger partial charge >= 0.3 is 5.97 Å². The van der Waals surface area contributed by atoms with E-state index in [9.17, 15) is 9.59 Å². The Balaban J connectivity index is 1.86. The lowest BCUT2D eigenvalue weighted by Gasteiger charge is -2.17. The van der Waals surface area contributed by atoms with Crippen LogP contribution in [0.3, 0.4) is 0 Å². The Labute approximate surface area is 161 Å². The zero-order valence-corrected chi connectivity index (χ0v) is 15.5. The predicted molar refractivity (Wildman–Crippen MR) is 105 cm³/mol. The van der Waals surface area contributed by atoms with Crippen LogP contribution in [-0.2, 0) is 16.1 Å². The molecule has 0 fully saturated rings. The average molecular weight is 382 g/mol. The number of carboxylic acids is 1. The molecule has 0 saturated heterocycles. The fraction of sp³-hybridized carbons (Fsp3) is 0.150. The second kappa shape index (κ2) is 8.55. The molecule has 0 aliphatic carbocycles. The summed E-state index contributed by atoms with van der Waals surface area (Å²) in [5.74, 6) is -0.639. The molecule has 138 valence electrons. The Morgan fingerprint density at radius 1 is 1.19 bits per heavy atom. The number of amidine groups is 1. The Morgan fingerprint density at radius 2 is 1.89 bits per heavy atom. The number of hydrogen-bond donors (Lipinski definition) is 1. The summed E-state index contributed by atoms with van der Waals surface area (Å²) in [6, 6.07) is 16.8. The van der Waals surface area contributed by atoms with Crippen molar-refractivity contribution < 1.29 is 19.4 Å². The molecule has 0 unspecified atom stereocenters. The fourth-order valence-corrected chi connectivity index (χ4v) is 3.25. The van der Waals surface area contributed by atoms with Gasteiger partial charge in [0.1, 0.15) is 11.4 Å². The number of rotatable bonds is 6. The van der Waals surface area contributed by atoms with E-state index in [4.69, 9.17) is 9.84 Å². The molecular formula is C20H18N2O4S. The van der Waals surface area contributed by atoms with Gasteiger partial charge in [0.2, 0.25) is 0 Å². The Bertz CT molecular complexity index is 892. The molecule has 0 saturated carbocycles. The number of hydrogen-bond acceptors (Lipinski definition) is 5. The normalized spacial score (nSPS) is 15.1. The minimum atomic E-state index is -0.956. The summed E-state index contributed by atoms with van der Waals surface area (Å²) in [5, 5.41) is 9.35. The van der Waals surface area contributed by atoms with Gasteiger partial charge in [-0.2, -0.15) is 0 Å². The molecule has 0 aromatic heterocycles. The van der Waals surface area contributed by atoms with E-state index in [0.717, 1.165) is 28.6 Å². The number of ether oxygens (including phenoxy) is 1. The van der Waals surface area contributed by atoms with Crippen LogP contribution in [0, 0.1) is 0 Å². The van der Waals surface area contributed by atoms with Crippen LogP contribution in [0.5, 0.6) is 5.75 Å². The molecule has 0 atom stereocenters. The van der Waals surface area contributed by atoms with Crippen molar-refractivity contribution in [3.8, 4) is 5.75 Å². The third-order valence-corrected chi connectivity index (χ3v) is 4.80. The standard InChI is InChI=1S/C20H18N2O4S/c1-26-16-9-7-14(8-10-16)11-17-19(25)22(12-15-5-3-2-4-6-15)20(21-17)27-13-18(23)24/h2-11H,12-13H2,1H3,(H,23,24)/b17-11-. The first-order valence-corrected chi connectivity index (χ1v) is 9.20. The van der Waals surface area contributed by atoms with Gasteiger partial charge in [-0.05, 0) is 29.3 Å². The number of aliphatic carboxylic acids is 1. The van der Waals surface area contributed by atoms with Crippen LogP contribution < -0.4 is 4.74 Å². The van der Waals surface area contributed by atoms with E-state index >= 15 is 0 Å². The maximum atomic E-state index is 12.9. The minimum Gasteiger partial charge on any atom is -0.497 e. The molecule has 1 N–H and O–H groups in total. The number of methoxy groups -OCH3 is 1. The molecule has 1 amide bonds. The smallest absolute Gasteiger partial charge is 0.313 e. The van der Waals surface area contributed by atoms with E-state index in [1.54, 1.807) is 25.3 Å². The lowest BCUT2D eigenvalue weighted by molar-refractivity contribution is -0.134. The average Bonchev–Trinajstić information content (AvgIpc) is 2.97. The van der Waals surface area contributed by atoms with Crippen molar-refractivity contribution in [2.24, 2.45) is 4.99 Å². The number of thioether (sulfide) groups is 1. The molecule has 1 aliphatic heterocycles. The van der Waals surface area contributed by atoms with Gasteiger partial charge in [0, 0.05) is 0 Å². The van der Waals surface area contributed by atoms with E-state index in [-0.39, 0.29) is 17.4 Å². The highest BCUT2D eigenvalue weighted by atomic mass is 32.2. The highest BCUT2D eigenvalue weighted by Crippen LogP contribution is 2.26. The second-order valence-corrected chi connectivity index (χ2v) is 6.70. The summed E-state index contributed by atoms with van der Waals surface area (Å²) < 4.78 is 5.13. The van der Waals surface area contributed by atoms with Gasteiger partial charge in [0.05, 0.1) is 19.4 Å². The summed E-state index contributed by atoms with van der Waals surface area (Å²) in [4.78, 5) is 29.7. The molecule has 2 aromatic carbocycles. The van der Waals surface area contributed by atoms with Crippen molar-refractivity contribution in [2.75, 3.05) is 12.9 Å². The monoisotopic (exact) mass is 382 g/mol. The van der Waals surface area contributed by atoms with Crippen molar-refractivity contribution >= 4 is 34.9 Å². The van der Waals surface area contributed by atoms with Crippen molar-refractivity contribution in [3.63, 3.8) is 0 Å². The summed E-state index contributed by atoms with van der Waals surface area (Å²) in [6.07, 6.45) is 1.69. The maximum Gasteiger partial charge on any atom is 0.313 e. The number of carbonyl (C=O) groups excluding carboxylic acids is 1. The molecule has 27 heavy (non-hydrogen) atoms. The van der Waals surface area contributed by atoms with Crippen molar-refractivity contribution in [2.45, 2.75) is 6.54 Å². The molecule has 0 spiro atoms. The molecule has 2 aromatic rings. The van der Waals surface area contributed by atoms with Gasteiger partial charge in [0.25, 0.3) is 5.91 Å². The van der Waals surface area contributed by atoms with E-state index in [2.05, 4.69) is 4.99 Å². The number of amides is 1. The van der Waals surface area contributed by atoms with Crippen LogP contribution in [0.4, 0.5) is 0 Å². The lowest BCUT2D eigenvalue weighted by Crippen LogP contribution is -2.30. The number of carboxylic acid groups (broad SMARTS) is 1. The summed E-state index contributed by atoms with van der Waals surface area (Å²) >= 11 is 1.04. The molecule has 1 aliphatic rings. The number of benzene rings is 2. The van der Waals surface area contributed by atoms with Gasteiger partial charge in [-0.15, -0.1) is 0 Å². The Hall–Kier alpha value is -3.06. The van der Waals surface area contributed by atoms with Crippen LogP contribution in [0.1, 0.15) is 11.1 Å². The summed E-state index contributed by atoms with van der Waals surface area (Å²) in [5.41, 5.74) is 2.04. The van der Waals surface area contributed by atoms with Gasteiger partial charge < -0.3 is 9.84 Å². The number of carbonyl (C=O) groups is 2. The van der Waals surface area contributed by atoms with Crippen molar-refractivity contribution in [1.29, 1.82) is 0 Å². The van der Waals surface area contributed by atoms with Crippen LogP contribution in [0.15, 0.2) is 65.3 Å². The summed E-state index contributed by atoms with van der Waals surface area (Å²) in [6.45, 7) is 0.338. The molecule has 0 bridgehead atoms. The van der Waals surface area contributed by atoms with Crippen LogP contribution in [0.25, 0.3) is 6.08 Å². The first kappa shape index (κ1) is 18.7. The Kier molecular flexibility index (Phi) is 5.93. The van der Waals surface area contributed by atoms with Crippen LogP contribution >= 0.6 is 11.8 Å². The van der Waals surface area contributed by atoms with Crippen molar-refractivity contribution in [3.05, 3.63) is 71.4 Å². The number of aliphatic imine (C=N–C) groups is 1. The highest BCUT2D eigenvalue weighted by molar-refractivity contribution is 8.14. The second-order valence-electron chi connectivity index (χ2n) is 5.76. The molecular weight excluding hydrogens is 364 g/mol. The van der Waals surface area contributed by atoms with Gasteiger partial charge in [-0.1, -0.05) is 54.2 Å². The van der Waals surface area contributed by atoms with Gasteiger partial charge in [0.15, 0.2) is 5.17 Å². The first-order chi connectivity index (χ1) is 13.1. The maximum absolute atomic E-state index is 12.9. The molecule has 1 heterocycles. The van der Waals surface area contributed by atoms with Crippen molar-refractivity contribution in [1.82, 2.24) is 4.90 Å². The van der Waals surface area contributed by atoms with Crippen LogP contribution in [-0.4, -0.2) is 39.9 Å². The quantitative estimate of drug-likeness (QED) is 0.776. The highest BCUT2D eigenvalue weighted by Gasteiger charge is 2.31. The SMILES string of the molecule is COc1ccc(/C=C2\N=C(SCC(=O)O)N(Cc3ccccc3)C2=O)cc1. The van der Waals surface area contributed by atoms with Crippen LogP contribution in [0.2, 0.25) is 0 Å². The Morgan fingerprint density at radius 3 is 2.52 bits per heavy atom. The molecule has 0 radical (unpaired) electrons. The zero-order valence-electron chi connectivity index (χ0n) is 14.7. The van der Waals surface area contributed by atoms with Gasteiger partial charge in [-0.3, -0.25) is 14.5 Å². The molecule has 3 rings (SSSR count). The third kappa shape index (κ3) is 4.77. The zero-order chi connectivity index (χ0) is 19.2. The fourth-order valence-electron chi connectivity index (χ4n) is 2.53. The van der Waals surface area contributed by atoms with E-state index in [1.807, 2.05) is 42.5 Å². The topological polar surface area (TPSA) is 79.2 Å². The number of nitrogens with zero attached hydrogens (tertiary/aromatic N) is 2. The molecule has 7 heteroatoms. The first-order valence-electron chi connectivity index (χ1n) is 8.21. The van der Waals surface area contributed by atoms with Gasteiger partial charge in [-0.25, -0.2) is 4.99 Å². The predicted octanol–water partition coefficient (Wildman–Crippen LogP) is 3.25. The third-order valence-electron chi connectivity index (χ3n) is 3.84.